The van der Waals surface area contributed by atoms with Crippen LogP contribution in [0.3, 0.4) is 0 Å². The van der Waals surface area contributed by atoms with Crippen LogP contribution in [-0.2, 0) is 9.59 Å². The van der Waals surface area contributed by atoms with E-state index in [-0.39, 0.29) is 24.0 Å². The van der Waals surface area contributed by atoms with Gasteiger partial charge in [0, 0.05) is 17.7 Å². The van der Waals surface area contributed by atoms with Crippen LogP contribution in [0.5, 0.6) is 0 Å². The maximum atomic E-state index is 11.7. The molecule has 0 aromatic heterocycles. The molecule has 1 aliphatic carbocycles. The summed E-state index contributed by atoms with van der Waals surface area (Å²) in [6.07, 6.45) is 3.67. The smallest absolute Gasteiger partial charge is 0.251 e. The number of allylic oxidation sites excluding steroid dienone is 3. The van der Waals surface area contributed by atoms with Crippen LogP contribution < -0.4 is 5.32 Å². The minimum atomic E-state index is -0.272. The van der Waals surface area contributed by atoms with Gasteiger partial charge in [0.15, 0.2) is 11.6 Å². The zero-order chi connectivity index (χ0) is 13.0. The lowest BCUT2D eigenvalue weighted by Gasteiger charge is -2.08. The van der Waals surface area contributed by atoms with Crippen LogP contribution in [0.15, 0.2) is 54.1 Å². The van der Waals surface area contributed by atoms with Crippen LogP contribution in [0.4, 0.5) is 0 Å². The van der Waals surface area contributed by atoms with Gasteiger partial charge in [-0.2, -0.15) is 0 Å². The Bertz CT molecular complexity index is 556. The topological polar surface area (TPSA) is 63.2 Å². The molecule has 1 aliphatic rings. The lowest BCUT2D eigenvalue weighted by Crippen LogP contribution is -2.28. The van der Waals surface area contributed by atoms with E-state index in [1.54, 1.807) is 24.3 Å². The van der Waals surface area contributed by atoms with E-state index in [0.29, 0.717) is 11.1 Å². The molecule has 0 radical (unpaired) electrons. The van der Waals surface area contributed by atoms with E-state index in [9.17, 15) is 14.4 Å². The number of hydrogen-bond donors (Lipinski definition) is 1. The molecule has 1 N–H and O–H groups in total. The maximum Gasteiger partial charge on any atom is 0.251 e. The summed E-state index contributed by atoms with van der Waals surface area (Å²) >= 11 is 0. The van der Waals surface area contributed by atoms with Gasteiger partial charge in [0.25, 0.3) is 5.91 Å². The standard InChI is InChI=1S/C14H11NO3/c16-12-6-7-13(17)11(8-12)9-15-14(18)10-4-2-1-3-5-10/h1-8H,9H2,(H,15,18). The Balaban J connectivity index is 1.99. The summed E-state index contributed by atoms with van der Waals surface area (Å²) in [6, 6.07) is 8.68. The minimum Gasteiger partial charge on any atom is -0.348 e. The number of carbonyl (C=O) groups is 3. The summed E-state index contributed by atoms with van der Waals surface area (Å²) in [5.41, 5.74) is 0.815. The van der Waals surface area contributed by atoms with Crippen molar-refractivity contribution in [1.29, 1.82) is 0 Å². The number of rotatable bonds is 3. The van der Waals surface area contributed by atoms with Crippen molar-refractivity contribution < 1.29 is 14.4 Å². The first-order valence-corrected chi connectivity index (χ1v) is 5.47. The summed E-state index contributed by atoms with van der Waals surface area (Å²) in [7, 11) is 0. The second kappa shape index (κ2) is 5.23. The zero-order valence-corrected chi connectivity index (χ0v) is 9.55. The number of carbonyl (C=O) groups excluding carboxylic acids is 3. The predicted octanol–water partition coefficient (Wildman–Crippen LogP) is 1.05. The van der Waals surface area contributed by atoms with Gasteiger partial charge in [0.2, 0.25) is 0 Å². The lowest BCUT2D eigenvalue weighted by atomic mass is 10.0. The molecule has 0 saturated heterocycles. The number of nitrogens with one attached hydrogen (secondary N) is 1. The molecular formula is C14H11NO3. The summed E-state index contributed by atoms with van der Waals surface area (Å²) in [6.45, 7) is 0.0582. The van der Waals surface area contributed by atoms with Crippen LogP contribution >= 0.6 is 0 Å². The monoisotopic (exact) mass is 241 g/mol. The van der Waals surface area contributed by atoms with Crippen molar-refractivity contribution in [1.82, 2.24) is 5.32 Å². The molecular weight excluding hydrogens is 230 g/mol. The highest BCUT2D eigenvalue weighted by Crippen LogP contribution is 2.05. The number of amides is 1. The molecule has 90 valence electrons. The minimum absolute atomic E-state index is 0.0582. The quantitative estimate of drug-likeness (QED) is 0.804. The first-order chi connectivity index (χ1) is 8.66. The van der Waals surface area contributed by atoms with Crippen LogP contribution in [0, 0.1) is 0 Å². The van der Waals surface area contributed by atoms with Gasteiger partial charge in [-0.3, -0.25) is 14.4 Å². The fraction of sp³-hybridized carbons (Fsp3) is 0.0714. The van der Waals surface area contributed by atoms with Crippen LogP contribution in [0.2, 0.25) is 0 Å². The first kappa shape index (κ1) is 12.0. The van der Waals surface area contributed by atoms with Gasteiger partial charge >= 0.3 is 0 Å². The SMILES string of the molecule is O=C1C=CC(=O)C(CNC(=O)c2ccccc2)=C1. The van der Waals surface area contributed by atoms with E-state index in [0.717, 1.165) is 0 Å². The van der Waals surface area contributed by atoms with E-state index in [1.807, 2.05) is 6.07 Å². The maximum absolute atomic E-state index is 11.7. The average molecular weight is 241 g/mol. The van der Waals surface area contributed by atoms with Crippen LogP contribution in [0.25, 0.3) is 0 Å². The molecule has 0 heterocycles. The fourth-order valence-electron chi connectivity index (χ4n) is 1.56. The molecule has 0 unspecified atom stereocenters. The van der Waals surface area contributed by atoms with Gasteiger partial charge in [-0.05, 0) is 30.4 Å². The van der Waals surface area contributed by atoms with Gasteiger partial charge in [-0.1, -0.05) is 18.2 Å². The average Bonchev–Trinajstić information content (AvgIpc) is 2.40. The molecule has 0 aliphatic heterocycles. The Hall–Kier alpha value is -2.49. The Morgan fingerprint density at radius 1 is 1.06 bits per heavy atom. The molecule has 1 aromatic carbocycles. The third-order valence-electron chi connectivity index (χ3n) is 2.51. The molecule has 0 atom stereocenters. The molecule has 4 heteroatoms. The highest BCUT2D eigenvalue weighted by Gasteiger charge is 2.14. The Morgan fingerprint density at radius 3 is 2.50 bits per heavy atom. The van der Waals surface area contributed by atoms with E-state index in [2.05, 4.69) is 5.32 Å². The van der Waals surface area contributed by atoms with Crippen molar-refractivity contribution in [2.75, 3.05) is 6.54 Å². The summed E-state index contributed by atoms with van der Waals surface area (Å²) < 4.78 is 0. The molecule has 0 spiro atoms. The van der Waals surface area contributed by atoms with E-state index < -0.39 is 0 Å². The van der Waals surface area contributed by atoms with Crippen LogP contribution in [0.1, 0.15) is 10.4 Å². The number of benzene rings is 1. The fourth-order valence-corrected chi connectivity index (χ4v) is 1.56. The van der Waals surface area contributed by atoms with Gasteiger partial charge in [0.1, 0.15) is 0 Å². The highest BCUT2D eigenvalue weighted by molar-refractivity contribution is 6.17. The Kier molecular flexibility index (Phi) is 3.48. The Morgan fingerprint density at radius 2 is 1.78 bits per heavy atom. The summed E-state index contributed by atoms with van der Waals surface area (Å²) in [4.78, 5) is 34.3. The Labute approximate surface area is 104 Å². The lowest BCUT2D eigenvalue weighted by molar-refractivity contribution is -0.114. The van der Waals surface area contributed by atoms with Crippen molar-refractivity contribution in [3.05, 3.63) is 59.7 Å². The van der Waals surface area contributed by atoms with Crippen molar-refractivity contribution in [2.24, 2.45) is 0 Å². The number of hydrogen-bond acceptors (Lipinski definition) is 3. The van der Waals surface area contributed by atoms with Crippen molar-refractivity contribution in [3.63, 3.8) is 0 Å². The number of ketones is 2. The molecule has 2 rings (SSSR count). The van der Waals surface area contributed by atoms with Gasteiger partial charge in [-0.25, -0.2) is 0 Å². The van der Waals surface area contributed by atoms with Gasteiger partial charge < -0.3 is 5.32 Å². The molecule has 4 nitrogen and oxygen atoms in total. The zero-order valence-electron chi connectivity index (χ0n) is 9.55. The third-order valence-corrected chi connectivity index (χ3v) is 2.51. The van der Waals surface area contributed by atoms with Crippen molar-refractivity contribution >= 4 is 17.5 Å². The van der Waals surface area contributed by atoms with E-state index in [1.165, 1.54) is 18.2 Å². The molecule has 0 fully saturated rings. The highest BCUT2D eigenvalue weighted by atomic mass is 16.2. The van der Waals surface area contributed by atoms with Gasteiger partial charge in [0.05, 0.1) is 0 Å². The predicted molar refractivity (Wildman–Crippen MR) is 66.0 cm³/mol. The van der Waals surface area contributed by atoms with Crippen molar-refractivity contribution in [3.8, 4) is 0 Å². The summed E-state index contributed by atoms with van der Waals surface area (Å²) in [5, 5.41) is 2.61. The second-order valence-electron chi connectivity index (χ2n) is 3.82. The third kappa shape index (κ3) is 2.79. The van der Waals surface area contributed by atoms with Gasteiger partial charge in [-0.15, -0.1) is 0 Å². The molecule has 0 saturated carbocycles. The molecule has 0 bridgehead atoms. The first-order valence-electron chi connectivity index (χ1n) is 5.47. The second-order valence-corrected chi connectivity index (χ2v) is 3.82. The molecule has 1 aromatic rings. The normalized spacial score (nSPS) is 14.3. The molecule has 1 amide bonds. The van der Waals surface area contributed by atoms with Crippen molar-refractivity contribution in [2.45, 2.75) is 0 Å². The van der Waals surface area contributed by atoms with E-state index in [4.69, 9.17) is 0 Å². The molecule has 18 heavy (non-hydrogen) atoms. The largest absolute Gasteiger partial charge is 0.348 e. The van der Waals surface area contributed by atoms with E-state index >= 15 is 0 Å². The van der Waals surface area contributed by atoms with Crippen LogP contribution in [-0.4, -0.2) is 24.0 Å². The summed E-state index contributed by atoms with van der Waals surface area (Å²) in [5.74, 6) is -0.757.